The fraction of sp³-hybridized carbons (Fsp3) is 0.922. The quantitative estimate of drug-likeness (QED) is 0.0926. The lowest BCUT2D eigenvalue weighted by atomic mass is 9.47. The van der Waals surface area contributed by atoms with E-state index in [4.69, 9.17) is 42.6 Å². The molecule has 21 nitrogen and oxygen atoms in total. The van der Waals surface area contributed by atoms with Crippen LogP contribution in [0.5, 0.6) is 0 Å². The van der Waals surface area contributed by atoms with Crippen LogP contribution in [0.3, 0.4) is 0 Å². The first-order valence-corrected chi connectivity index (χ1v) is 26.4. The number of aliphatic hydroxyl groups is 12. The molecule has 7 fully saturated rings. The number of hydrogen-bond donors (Lipinski definition) is 12. The Labute approximate surface area is 420 Å². The Kier molecular flexibility index (Phi) is 16.7. The number of allylic oxidation sites excluding steroid dienone is 2. The Morgan fingerprint density at radius 3 is 1.89 bits per heavy atom. The Hall–Kier alpha value is -1.52. The molecule has 3 saturated carbocycles. The highest BCUT2D eigenvalue weighted by Gasteiger charge is 2.64. The molecule has 412 valence electrons. The van der Waals surface area contributed by atoms with E-state index >= 15 is 0 Å². The van der Waals surface area contributed by atoms with Gasteiger partial charge in [0.15, 0.2) is 25.2 Å². The predicted octanol–water partition coefficient (Wildman–Crippen LogP) is -1.03. The molecule has 21 heteroatoms. The third-order valence-electron chi connectivity index (χ3n) is 18.8. The van der Waals surface area contributed by atoms with Crippen LogP contribution in [-0.2, 0) is 42.6 Å². The molecule has 4 saturated heterocycles. The molecule has 29 atom stereocenters. The Morgan fingerprint density at radius 1 is 0.653 bits per heavy atom. The summed E-state index contributed by atoms with van der Waals surface area (Å²) in [5.74, 6) is 2.80. The van der Waals surface area contributed by atoms with Gasteiger partial charge in [0.2, 0.25) is 0 Å². The SMILES string of the molecule is CC1=C(CCC(C)COC2OC(CO)C(O)C(O)C2O)OC2CC3C4CC=C5CC(OC6OC(CO)C(OC7OC(C)C(O)C(O)C7O)C(O)C6OC6OC(C)C(O)C(O)C6O)CCC5(C)C4CCC3(C)C12. The van der Waals surface area contributed by atoms with Crippen molar-refractivity contribution in [3.05, 3.63) is 23.0 Å². The molecule has 0 aromatic heterocycles. The van der Waals surface area contributed by atoms with E-state index in [1.54, 1.807) is 0 Å². The number of rotatable bonds is 14. The minimum atomic E-state index is -1.74. The molecule has 9 aliphatic rings. The largest absolute Gasteiger partial charge is 0.494 e. The zero-order chi connectivity index (χ0) is 51.9. The van der Waals surface area contributed by atoms with Crippen molar-refractivity contribution in [2.45, 2.75) is 234 Å². The summed E-state index contributed by atoms with van der Waals surface area (Å²) >= 11 is 0. The first-order chi connectivity index (χ1) is 34.1. The highest BCUT2D eigenvalue weighted by atomic mass is 16.8. The summed E-state index contributed by atoms with van der Waals surface area (Å²) in [6, 6.07) is 0. The van der Waals surface area contributed by atoms with E-state index in [0.29, 0.717) is 36.5 Å². The van der Waals surface area contributed by atoms with Crippen molar-refractivity contribution in [3.8, 4) is 0 Å². The van der Waals surface area contributed by atoms with Gasteiger partial charge in [-0.2, -0.15) is 0 Å². The lowest BCUT2D eigenvalue weighted by Crippen LogP contribution is -2.66. The second kappa shape index (κ2) is 21.7. The first-order valence-electron chi connectivity index (χ1n) is 26.4. The van der Waals surface area contributed by atoms with E-state index in [-0.39, 0.29) is 29.5 Å². The highest BCUT2D eigenvalue weighted by molar-refractivity contribution is 5.30. The number of ether oxygens (including phenoxy) is 9. The maximum Gasteiger partial charge on any atom is 0.187 e. The van der Waals surface area contributed by atoms with Crippen molar-refractivity contribution in [3.63, 3.8) is 0 Å². The maximum absolute atomic E-state index is 12.0. The average molecular weight is 1030 g/mol. The van der Waals surface area contributed by atoms with Crippen LogP contribution >= 0.6 is 0 Å². The van der Waals surface area contributed by atoms with Gasteiger partial charge in [-0.05, 0) is 112 Å². The summed E-state index contributed by atoms with van der Waals surface area (Å²) in [4.78, 5) is 0. The monoisotopic (exact) mass is 1030 g/mol. The van der Waals surface area contributed by atoms with Crippen LogP contribution in [0, 0.1) is 40.4 Å². The van der Waals surface area contributed by atoms with Crippen molar-refractivity contribution in [1.82, 2.24) is 0 Å². The fourth-order valence-corrected chi connectivity index (χ4v) is 14.5. The van der Waals surface area contributed by atoms with E-state index in [2.05, 4.69) is 26.8 Å². The van der Waals surface area contributed by atoms with Gasteiger partial charge in [-0.3, -0.25) is 0 Å². The molecule has 5 heterocycles. The molecule has 0 spiro atoms. The van der Waals surface area contributed by atoms with Gasteiger partial charge in [-0.15, -0.1) is 0 Å². The summed E-state index contributed by atoms with van der Waals surface area (Å²) in [6.45, 7) is 11.1. The van der Waals surface area contributed by atoms with E-state index in [1.807, 2.05) is 6.92 Å². The van der Waals surface area contributed by atoms with E-state index in [9.17, 15) is 61.3 Å². The molecule has 0 aromatic rings. The zero-order valence-electron chi connectivity index (χ0n) is 42.2. The number of hydrogen-bond acceptors (Lipinski definition) is 21. The topological polar surface area (TPSA) is 326 Å². The summed E-state index contributed by atoms with van der Waals surface area (Å²) in [7, 11) is 0. The molecule has 0 aromatic carbocycles. The van der Waals surface area contributed by atoms with Gasteiger partial charge >= 0.3 is 0 Å². The Morgan fingerprint density at radius 2 is 1.25 bits per heavy atom. The van der Waals surface area contributed by atoms with Crippen molar-refractivity contribution >= 4 is 0 Å². The molecular formula is C51H82O21. The third-order valence-corrected chi connectivity index (χ3v) is 18.8. The summed E-state index contributed by atoms with van der Waals surface area (Å²) in [5.41, 5.74) is 2.59. The van der Waals surface area contributed by atoms with Crippen LogP contribution in [-0.4, -0.2) is 216 Å². The van der Waals surface area contributed by atoms with Crippen LogP contribution in [0.25, 0.3) is 0 Å². The fourth-order valence-electron chi connectivity index (χ4n) is 14.5. The van der Waals surface area contributed by atoms with Crippen molar-refractivity contribution in [2.75, 3.05) is 19.8 Å². The summed E-state index contributed by atoms with van der Waals surface area (Å²) < 4.78 is 54.8. The third kappa shape index (κ3) is 9.90. The minimum Gasteiger partial charge on any atom is -0.494 e. The second-order valence-electron chi connectivity index (χ2n) is 23.2. The van der Waals surface area contributed by atoms with E-state index < -0.39 is 142 Å². The molecule has 9 rings (SSSR count). The van der Waals surface area contributed by atoms with Gasteiger partial charge in [0, 0.05) is 12.3 Å². The van der Waals surface area contributed by atoms with Gasteiger partial charge in [0.05, 0.1) is 43.9 Å². The Bertz CT molecular complexity index is 1920. The van der Waals surface area contributed by atoms with Gasteiger partial charge in [0.1, 0.15) is 91.6 Å². The molecule has 72 heavy (non-hydrogen) atoms. The Balaban J connectivity index is 0.849. The molecule has 0 amide bonds. The minimum absolute atomic E-state index is 0.0680. The number of aliphatic hydroxyl groups excluding tert-OH is 12. The van der Waals surface area contributed by atoms with Crippen LogP contribution < -0.4 is 0 Å². The molecule has 4 aliphatic carbocycles. The normalized spacial score (nSPS) is 52.9. The summed E-state index contributed by atoms with van der Waals surface area (Å²) in [5, 5.41) is 126. The molecule has 29 unspecified atom stereocenters. The standard InChI is InChI=1S/C51H82O21/c1-20(19-64-46-40(60)39(59)36(56)31(17-52)69-46)7-10-29-21(2)33-30(68-29)16-28-26-9-8-24-15-25(11-13-50(24,5)27(26)12-14-51(28,33)6)67-49-45(72-48-42(62)38(58)35(55)23(4)66-48)43(63)44(32(18-53)70-49)71-47-41(61)37(57)34(54)22(3)65-47/h8,20,22-23,25-28,30-49,52-63H,7,9-19H2,1-6H3. The lowest BCUT2D eigenvalue weighted by molar-refractivity contribution is -0.388. The van der Waals surface area contributed by atoms with Crippen LogP contribution in [0.4, 0.5) is 0 Å². The average Bonchev–Trinajstić information content (AvgIpc) is 3.85. The maximum atomic E-state index is 12.0. The number of fused-ring (bicyclic) bond motifs is 7. The summed E-state index contributed by atoms with van der Waals surface area (Å²) in [6.07, 6.45) is -18.8. The van der Waals surface area contributed by atoms with Gasteiger partial charge in [-0.1, -0.05) is 32.4 Å². The molecule has 0 bridgehead atoms. The van der Waals surface area contributed by atoms with Crippen molar-refractivity contribution in [2.24, 2.45) is 40.4 Å². The predicted molar refractivity (Wildman–Crippen MR) is 247 cm³/mol. The van der Waals surface area contributed by atoms with Gasteiger partial charge in [-0.25, -0.2) is 0 Å². The second-order valence-corrected chi connectivity index (χ2v) is 23.2. The van der Waals surface area contributed by atoms with Gasteiger partial charge in [0.25, 0.3) is 0 Å². The van der Waals surface area contributed by atoms with Crippen molar-refractivity contribution < 1.29 is 104 Å². The van der Waals surface area contributed by atoms with E-state index in [1.165, 1.54) is 25.0 Å². The molecular weight excluding hydrogens is 949 g/mol. The first kappa shape index (κ1) is 55.2. The van der Waals surface area contributed by atoms with E-state index in [0.717, 1.165) is 50.7 Å². The zero-order valence-corrected chi connectivity index (χ0v) is 42.2. The van der Waals surface area contributed by atoms with Gasteiger partial charge < -0.3 is 104 Å². The van der Waals surface area contributed by atoms with Crippen LogP contribution in [0.2, 0.25) is 0 Å². The molecule has 5 aliphatic heterocycles. The van der Waals surface area contributed by atoms with Crippen molar-refractivity contribution in [1.29, 1.82) is 0 Å². The highest BCUT2D eigenvalue weighted by Crippen LogP contribution is 2.69. The lowest BCUT2D eigenvalue weighted by Gasteiger charge is -2.58. The molecule has 12 N–H and O–H groups in total. The molecule has 0 radical (unpaired) electrons. The smallest absolute Gasteiger partial charge is 0.187 e. The van der Waals surface area contributed by atoms with Crippen LogP contribution in [0.1, 0.15) is 99.3 Å². The van der Waals surface area contributed by atoms with Crippen LogP contribution in [0.15, 0.2) is 23.0 Å².